The van der Waals surface area contributed by atoms with Crippen LogP contribution in [-0.4, -0.2) is 0 Å². The van der Waals surface area contributed by atoms with E-state index in [9.17, 15) is 0 Å². The molecule has 5 heteroatoms. The fourth-order valence-corrected chi connectivity index (χ4v) is 3.22. The monoisotopic (exact) mass is 344 g/mol. The molecule has 0 aliphatic rings. The Morgan fingerprint density at radius 2 is 2.17 bits per heavy atom. The van der Waals surface area contributed by atoms with Crippen molar-refractivity contribution in [2.45, 2.75) is 18.9 Å². The fourth-order valence-electron chi connectivity index (χ4n) is 1.86. The Morgan fingerprint density at radius 3 is 2.83 bits per heavy atom. The summed E-state index contributed by atoms with van der Waals surface area (Å²) in [4.78, 5) is 1.36. The minimum absolute atomic E-state index is 0.0668. The maximum atomic E-state index is 6.29. The molecule has 96 valence electrons. The second-order valence-electron chi connectivity index (χ2n) is 3.98. The second kappa shape index (κ2) is 6.68. The summed E-state index contributed by atoms with van der Waals surface area (Å²) in [6.07, 6.45) is 1.92. The predicted octanol–water partition coefficient (Wildman–Crippen LogP) is 4.30. The highest BCUT2D eigenvalue weighted by atomic mass is 79.9. The molecular formula is C13H14BrClN2S. The van der Waals surface area contributed by atoms with Crippen molar-refractivity contribution in [3.8, 4) is 0 Å². The van der Waals surface area contributed by atoms with E-state index in [0.717, 1.165) is 27.9 Å². The molecule has 18 heavy (non-hydrogen) atoms. The van der Waals surface area contributed by atoms with E-state index in [1.165, 1.54) is 4.88 Å². The van der Waals surface area contributed by atoms with Gasteiger partial charge in [-0.15, -0.1) is 11.3 Å². The van der Waals surface area contributed by atoms with E-state index in [4.69, 9.17) is 17.4 Å². The molecule has 3 N–H and O–H groups in total. The quantitative estimate of drug-likeness (QED) is 0.626. The van der Waals surface area contributed by atoms with Gasteiger partial charge in [-0.1, -0.05) is 29.8 Å². The van der Waals surface area contributed by atoms with Crippen LogP contribution in [0, 0.1) is 0 Å². The first kappa shape index (κ1) is 14.0. The molecule has 0 spiro atoms. The highest BCUT2D eigenvalue weighted by molar-refractivity contribution is 9.10. The molecule has 1 atom stereocenters. The number of hydrazine groups is 1. The zero-order chi connectivity index (χ0) is 13.0. The topological polar surface area (TPSA) is 38.0 Å². The van der Waals surface area contributed by atoms with E-state index in [0.29, 0.717) is 0 Å². The van der Waals surface area contributed by atoms with Crippen molar-refractivity contribution in [2.24, 2.45) is 5.84 Å². The molecule has 2 nitrogen and oxygen atoms in total. The molecule has 0 saturated carbocycles. The number of nitrogens with two attached hydrogens (primary N) is 1. The van der Waals surface area contributed by atoms with E-state index < -0.39 is 0 Å². The molecule has 0 aliphatic carbocycles. The number of halogens is 2. The average molecular weight is 346 g/mol. The van der Waals surface area contributed by atoms with Crippen LogP contribution in [-0.2, 0) is 6.42 Å². The molecule has 0 saturated heterocycles. The third-order valence-corrected chi connectivity index (χ3v) is 5.06. The minimum atomic E-state index is 0.0668. The summed E-state index contributed by atoms with van der Waals surface area (Å²) in [5.74, 6) is 5.64. The van der Waals surface area contributed by atoms with Gasteiger partial charge in [0.05, 0.1) is 5.02 Å². The van der Waals surface area contributed by atoms with Gasteiger partial charge in [0, 0.05) is 15.4 Å². The first-order valence-electron chi connectivity index (χ1n) is 5.64. The third kappa shape index (κ3) is 3.33. The summed E-state index contributed by atoms with van der Waals surface area (Å²) in [7, 11) is 0. The van der Waals surface area contributed by atoms with Crippen LogP contribution in [0.1, 0.15) is 22.9 Å². The Morgan fingerprint density at radius 1 is 1.33 bits per heavy atom. The van der Waals surface area contributed by atoms with E-state index in [1.807, 2.05) is 18.2 Å². The summed E-state index contributed by atoms with van der Waals surface area (Å²) in [6.45, 7) is 0. The Labute approximate surface area is 124 Å². The Hall–Kier alpha value is -0.390. The lowest BCUT2D eigenvalue weighted by Gasteiger charge is -2.18. The number of hydrogen-bond donors (Lipinski definition) is 2. The number of rotatable bonds is 5. The summed E-state index contributed by atoms with van der Waals surface area (Å²) < 4.78 is 0.901. The second-order valence-corrected chi connectivity index (χ2v) is 6.24. The number of hydrogen-bond acceptors (Lipinski definition) is 3. The molecule has 0 aliphatic heterocycles. The maximum absolute atomic E-state index is 6.29. The van der Waals surface area contributed by atoms with Crippen LogP contribution in [0.25, 0.3) is 0 Å². The van der Waals surface area contributed by atoms with Gasteiger partial charge in [-0.25, -0.2) is 0 Å². The molecule has 0 fully saturated rings. The van der Waals surface area contributed by atoms with Crippen LogP contribution in [0.3, 0.4) is 0 Å². The lowest BCUT2D eigenvalue weighted by atomic mass is 10.0. The molecule has 2 rings (SSSR count). The Kier molecular flexibility index (Phi) is 5.21. The van der Waals surface area contributed by atoms with Gasteiger partial charge in [0.15, 0.2) is 0 Å². The molecule has 1 unspecified atom stereocenters. The van der Waals surface area contributed by atoms with Crippen molar-refractivity contribution in [3.63, 3.8) is 0 Å². The largest absolute Gasteiger partial charge is 0.271 e. The SMILES string of the molecule is NNC(CCc1cccs1)c1cccc(Br)c1Cl. The van der Waals surface area contributed by atoms with Crippen LogP contribution in [0.15, 0.2) is 40.2 Å². The number of nitrogens with one attached hydrogen (secondary N) is 1. The standard InChI is InChI=1S/C13H14BrClN2S/c14-11-5-1-4-10(13(11)15)12(17-16)7-6-9-3-2-8-18-9/h1-5,8,12,17H,6-7,16H2. The van der Waals surface area contributed by atoms with Gasteiger partial charge in [0.25, 0.3) is 0 Å². The van der Waals surface area contributed by atoms with Gasteiger partial charge >= 0.3 is 0 Å². The summed E-state index contributed by atoms with van der Waals surface area (Å²) in [6, 6.07) is 10.2. The van der Waals surface area contributed by atoms with Crippen molar-refractivity contribution >= 4 is 38.9 Å². The van der Waals surface area contributed by atoms with E-state index in [-0.39, 0.29) is 6.04 Å². The van der Waals surface area contributed by atoms with Gasteiger partial charge in [-0.2, -0.15) is 0 Å². The fraction of sp³-hybridized carbons (Fsp3) is 0.231. The van der Waals surface area contributed by atoms with Crippen molar-refractivity contribution in [1.82, 2.24) is 5.43 Å². The first-order valence-corrected chi connectivity index (χ1v) is 7.70. The Balaban J connectivity index is 2.10. The van der Waals surface area contributed by atoms with Crippen molar-refractivity contribution in [2.75, 3.05) is 0 Å². The lowest BCUT2D eigenvalue weighted by Crippen LogP contribution is -2.28. The molecule has 1 aromatic carbocycles. The summed E-state index contributed by atoms with van der Waals surface area (Å²) in [5.41, 5.74) is 3.88. The molecule has 1 aromatic heterocycles. The van der Waals surface area contributed by atoms with Crippen LogP contribution < -0.4 is 11.3 Å². The minimum Gasteiger partial charge on any atom is -0.271 e. The summed E-state index contributed by atoms with van der Waals surface area (Å²) >= 11 is 11.5. The Bertz CT molecular complexity index is 502. The highest BCUT2D eigenvalue weighted by Crippen LogP contribution is 2.32. The van der Waals surface area contributed by atoms with Gasteiger partial charge in [-0.05, 0) is 51.8 Å². The molecule has 2 aromatic rings. The van der Waals surface area contributed by atoms with Crippen molar-refractivity contribution in [3.05, 3.63) is 55.6 Å². The van der Waals surface area contributed by atoms with E-state index in [2.05, 4.69) is 38.9 Å². The van der Waals surface area contributed by atoms with Gasteiger partial charge in [0.1, 0.15) is 0 Å². The smallest absolute Gasteiger partial charge is 0.0596 e. The molecule has 0 radical (unpaired) electrons. The predicted molar refractivity (Wildman–Crippen MR) is 81.9 cm³/mol. The van der Waals surface area contributed by atoms with Gasteiger partial charge < -0.3 is 0 Å². The van der Waals surface area contributed by atoms with Crippen molar-refractivity contribution < 1.29 is 0 Å². The van der Waals surface area contributed by atoms with Crippen LogP contribution in [0.2, 0.25) is 5.02 Å². The zero-order valence-electron chi connectivity index (χ0n) is 9.70. The number of thiophene rings is 1. The molecule has 0 bridgehead atoms. The first-order chi connectivity index (χ1) is 8.72. The van der Waals surface area contributed by atoms with E-state index in [1.54, 1.807) is 11.3 Å². The molecule has 0 amide bonds. The van der Waals surface area contributed by atoms with Gasteiger partial charge in [0.2, 0.25) is 0 Å². The number of aryl methyl sites for hydroxylation is 1. The third-order valence-electron chi connectivity index (χ3n) is 2.82. The van der Waals surface area contributed by atoms with Crippen molar-refractivity contribution in [1.29, 1.82) is 0 Å². The van der Waals surface area contributed by atoms with Crippen LogP contribution in [0.5, 0.6) is 0 Å². The molecular weight excluding hydrogens is 332 g/mol. The average Bonchev–Trinajstić information content (AvgIpc) is 2.88. The van der Waals surface area contributed by atoms with E-state index >= 15 is 0 Å². The molecule has 1 heterocycles. The maximum Gasteiger partial charge on any atom is 0.0596 e. The summed E-state index contributed by atoms with van der Waals surface area (Å²) in [5, 5.41) is 2.82. The highest BCUT2D eigenvalue weighted by Gasteiger charge is 2.14. The number of benzene rings is 1. The lowest BCUT2D eigenvalue weighted by molar-refractivity contribution is 0.518. The van der Waals surface area contributed by atoms with Crippen LogP contribution >= 0.6 is 38.9 Å². The van der Waals surface area contributed by atoms with Crippen LogP contribution in [0.4, 0.5) is 0 Å². The zero-order valence-corrected chi connectivity index (χ0v) is 12.9. The van der Waals surface area contributed by atoms with Gasteiger partial charge in [-0.3, -0.25) is 11.3 Å². The normalized spacial score (nSPS) is 12.6.